The van der Waals surface area contributed by atoms with Crippen molar-refractivity contribution in [2.24, 2.45) is 11.8 Å². The predicted molar refractivity (Wildman–Crippen MR) is 87.0 cm³/mol. The lowest BCUT2D eigenvalue weighted by atomic mass is 9.72. The Morgan fingerprint density at radius 3 is 1.91 bits per heavy atom. The summed E-state index contributed by atoms with van der Waals surface area (Å²) in [6.07, 6.45) is 0. The van der Waals surface area contributed by atoms with Gasteiger partial charge in [-0.3, -0.25) is 9.69 Å². The minimum Gasteiger partial charge on any atom is -0.305 e. The molecule has 0 spiro atoms. The van der Waals surface area contributed by atoms with E-state index >= 15 is 0 Å². The van der Waals surface area contributed by atoms with Crippen LogP contribution in [0.25, 0.3) is 0 Å². The van der Waals surface area contributed by atoms with Gasteiger partial charge in [-0.05, 0) is 14.1 Å². The molecule has 4 atom stereocenters. The summed E-state index contributed by atoms with van der Waals surface area (Å²) in [6.45, 7) is 1.62. The van der Waals surface area contributed by atoms with Gasteiger partial charge in [0.1, 0.15) is 5.78 Å². The third kappa shape index (κ3) is 2.15. The van der Waals surface area contributed by atoms with E-state index in [1.165, 1.54) is 0 Å². The average Bonchev–Trinajstić information content (AvgIpc) is 3.15. The second-order valence-corrected chi connectivity index (χ2v) is 7.66. The van der Waals surface area contributed by atoms with Crippen molar-refractivity contribution in [1.82, 2.24) is 19.8 Å². The van der Waals surface area contributed by atoms with Crippen LogP contribution in [0.4, 0.5) is 0 Å². The Morgan fingerprint density at radius 1 is 1.00 bits per heavy atom. The highest BCUT2D eigenvalue weighted by molar-refractivity contribution is 7.07. The number of likely N-dealkylation sites (tertiary alicyclic amines) is 2. The van der Waals surface area contributed by atoms with E-state index in [9.17, 15) is 4.79 Å². The van der Waals surface area contributed by atoms with Crippen LogP contribution in [-0.4, -0.2) is 52.7 Å². The maximum atomic E-state index is 13.0. The van der Waals surface area contributed by atoms with E-state index < -0.39 is 0 Å². The third-order valence-corrected chi connectivity index (χ3v) is 6.11. The molecule has 22 heavy (non-hydrogen) atoms. The van der Waals surface area contributed by atoms with Crippen molar-refractivity contribution >= 4 is 28.5 Å². The van der Waals surface area contributed by atoms with Crippen molar-refractivity contribution in [2.45, 2.75) is 12.1 Å². The van der Waals surface area contributed by atoms with Gasteiger partial charge in [0, 0.05) is 23.8 Å². The van der Waals surface area contributed by atoms with Gasteiger partial charge in [-0.25, -0.2) is 9.97 Å². The van der Waals surface area contributed by atoms with Crippen molar-refractivity contribution in [2.75, 3.05) is 27.2 Å². The molecule has 0 amide bonds. The van der Waals surface area contributed by atoms with E-state index in [4.69, 9.17) is 0 Å². The van der Waals surface area contributed by atoms with E-state index in [1.54, 1.807) is 22.7 Å². The van der Waals surface area contributed by atoms with Crippen LogP contribution in [0.15, 0.2) is 21.8 Å². The zero-order valence-electron chi connectivity index (χ0n) is 12.5. The van der Waals surface area contributed by atoms with Gasteiger partial charge in [-0.2, -0.15) is 0 Å². The number of thiazole rings is 2. The molecule has 4 heterocycles. The van der Waals surface area contributed by atoms with E-state index in [1.807, 2.05) is 11.0 Å². The number of aromatic nitrogens is 2. The second kappa shape index (κ2) is 5.49. The largest absolute Gasteiger partial charge is 0.305 e. The summed E-state index contributed by atoms with van der Waals surface area (Å²) in [6, 6.07) is 0.0916. The molecule has 2 aromatic rings. The van der Waals surface area contributed by atoms with Crippen LogP contribution in [0.1, 0.15) is 23.5 Å². The Balaban J connectivity index is 1.80. The molecule has 2 bridgehead atoms. The Hall–Kier alpha value is -1.15. The summed E-state index contributed by atoms with van der Waals surface area (Å²) in [5, 5.41) is 4.14. The van der Waals surface area contributed by atoms with Crippen molar-refractivity contribution in [3.8, 4) is 0 Å². The number of hydrogen-bond acceptors (Lipinski definition) is 7. The summed E-state index contributed by atoms with van der Waals surface area (Å²) in [5.74, 6) is 0.392. The van der Waals surface area contributed by atoms with E-state index in [0.29, 0.717) is 5.78 Å². The van der Waals surface area contributed by atoms with Crippen LogP contribution in [0.2, 0.25) is 0 Å². The van der Waals surface area contributed by atoms with Crippen LogP contribution in [-0.2, 0) is 4.79 Å². The molecule has 4 rings (SSSR count). The van der Waals surface area contributed by atoms with Crippen molar-refractivity contribution in [3.05, 3.63) is 33.2 Å². The smallest absolute Gasteiger partial charge is 0.145 e. The highest BCUT2D eigenvalue weighted by atomic mass is 32.1. The molecule has 2 fully saturated rings. The van der Waals surface area contributed by atoms with Gasteiger partial charge in [0.2, 0.25) is 0 Å². The molecule has 0 aromatic carbocycles. The molecule has 0 N–H and O–H groups in total. The summed E-state index contributed by atoms with van der Waals surface area (Å²) >= 11 is 3.18. The quantitative estimate of drug-likeness (QED) is 0.841. The van der Waals surface area contributed by atoms with Crippen molar-refractivity contribution in [1.29, 1.82) is 0 Å². The number of carbonyl (C=O) groups is 1. The minimum absolute atomic E-state index is 0.00531. The van der Waals surface area contributed by atoms with E-state index in [2.05, 4.69) is 44.6 Å². The standard InChI is InChI=1S/C15H18N4OS2/c1-18-3-9-13(11-5-21-7-16-11)19(2)14(10(4-18)15(9)20)12-6-22-8-17-12/h5-10,13-14H,3-4H2,1-2H3. The van der Waals surface area contributed by atoms with Crippen LogP contribution in [0.5, 0.6) is 0 Å². The number of rotatable bonds is 2. The first kappa shape index (κ1) is 14.4. The molecular weight excluding hydrogens is 316 g/mol. The number of piperidine rings is 2. The summed E-state index contributed by atoms with van der Waals surface area (Å²) < 4.78 is 0. The molecule has 0 radical (unpaired) electrons. The normalized spacial score (nSPS) is 33.3. The third-order valence-electron chi connectivity index (χ3n) is 4.90. The zero-order chi connectivity index (χ0) is 15.3. The molecular formula is C15H18N4OS2. The first-order valence-electron chi connectivity index (χ1n) is 7.37. The first-order valence-corrected chi connectivity index (χ1v) is 9.25. The number of hydrogen-bond donors (Lipinski definition) is 0. The lowest BCUT2D eigenvalue weighted by Crippen LogP contribution is -2.58. The number of nitrogens with zero attached hydrogens (tertiary/aromatic N) is 4. The van der Waals surface area contributed by atoms with Crippen LogP contribution in [0.3, 0.4) is 0 Å². The Morgan fingerprint density at radius 2 is 1.50 bits per heavy atom. The fourth-order valence-corrected chi connectivity index (χ4v) is 5.18. The van der Waals surface area contributed by atoms with Gasteiger partial charge < -0.3 is 4.90 Å². The molecule has 2 aliphatic rings. The number of Topliss-reactive ketones (excluding diaryl/α,β-unsaturated/α-hetero) is 1. The molecule has 116 valence electrons. The summed E-state index contributed by atoms with van der Waals surface area (Å²) in [7, 11) is 4.22. The fourth-order valence-electron chi connectivity index (χ4n) is 4.02. The molecule has 0 saturated carbocycles. The van der Waals surface area contributed by atoms with Gasteiger partial charge in [0.25, 0.3) is 0 Å². The molecule has 0 aliphatic carbocycles. The SMILES string of the molecule is CN1CC2C(=O)C(C1)C(c1cscn1)N(C)C2c1cscn1. The lowest BCUT2D eigenvalue weighted by Gasteiger charge is -2.51. The van der Waals surface area contributed by atoms with Gasteiger partial charge in [-0.1, -0.05) is 0 Å². The Kier molecular flexibility index (Phi) is 3.60. The molecule has 2 aliphatic heterocycles. The van der Waals surface area contributed by atoms with Gasteiger partial charge in [0.15, 0.2) is 0 Å². The number of fused-ring (bicyclic) bond motifs is 2. The second-order valence-electron chi connectivity index (χ2n) is 6.22. The fraction of sp³-hybridized carbons (Fsp3) is 0.533. The predicted octanol–water partition coefficient (Wildman–Crippen LogP) is 2.07. The average molecular weight is 334 g/mol. The molecule has 5 nitrogen and oxygen atoms in total. The molecule has 2 aromatic heterocycles. The summed E-state index contributed by atoms with van der Waals surface area (Å²) in [5.41, 5.74) is 5.73. The van der Waals surface area contributed by atoms with Gasteiger partial charge >= 0.3 is 0 Å². The molecule has 7 heteroatoms. The maximum Gasteiger partial charge on any atom is 0.145 e. The Bertz CT molecular complexity index is 603. The highest BCUT2D eigenvalue weighted by Gasteiger charge is 2.52. The van der Waals surface area contributed by atoms with Gasteiger partial charge in [0.05, 0.1) is 46.3 Å². The zero-order valence-corrected chi connectivity index (χ0v) is 14.2. The topological polar surface area (TPSA) is 49.3 Å². The lowest BCUT2D eigenvalue weighted by molar-refractivity contribution is -0.146. The molecule has 4 unspecified atom stereocenters. The summed E-state index contributed by atoms with van der Waals surface area (Å²) in [4.78, 5) is 26.6. The van der Waals surface area contributed by atoms with Gasteiger partial charge in [-0.15, -0.1) is 22.7 Å². The van der Waals surface area contributed by atoms with E-state index in [-0.39, 0.29) is 23.9 Å². The van der Waals surface area contributed by atoms with Crippen LogP contribution in [0, 0.1) is 11.8 Å². The van der Waals surface area contributed by atoms with Crippen molar-refractivity contribution in [3.63, 3.8) is 0 Å². The maximum absolute atomic E-state index is 13.0. The first-order chi connectivity index (χ1) is 10.7. The minimum atomic E-state index is 0.00531. The monoisotopic (exact) mass is 334 g/mol. The Labute approximate surface area is 137 Å². The molecule has 2 saturated heterocycles. The van der Waals surface area contributed by atoms with E-state index in [0.717, 1.165) is 24.5 Å². The number of carbonyl (C=O) groups excluding carboxylic acids is 1. The van der Waals surface area contributed by atoms with Crippen LogP contribution < -0.4 is 0 Å². The highest BCUT2D eigenvalue weighted by Crippen LogP contribution is 2.47. The van der Waals surface area contributed by atoms with Crippen LogP contribution >= 0.6 is 22.7 Å². The van der Waals surface area contributed by atoms with Crippen molar-refractivity contribution < 1.29 is 4.79 Å². The number of ketones is 1.